The second-order valence-electron chi connectivity index (χ2n) is 1.49. The largest absolute Gasteiger partial charge is 0.513 e. The maximum atomic E-state index is 10.3. The van der Waals surface area contributed by atoms with Gasteiger partial charge in [0.2, 0.25) is 0 Å². The predicted molar refractivity (Wildman–Crippen MR) is 30.7 cm³/mol. The fourth-order valence-corrected chi connectivity index (χ4v) is 0.323. The lowest BCUT2D eigenvalue weighted by Gasteiger charge is -1.96. The molecule has 0 aromatic rings. The molecule has 11 heavy (non-hydrogen) atoms. The van der Waals surface area contributed by atoms with Crippen LogP contribution < -0.4 is 0 Å². The highest BCUT2D eigenvalue weighted by Gasteiger charge is 2.13. The molecule has 0 heterocycles. The van der Waals surface area contributed by atoms with Crippen molar-refractivity contribution in [3.05, 3.63) is 0 Å². The summed E-state index contributed by atoms with van der Waals surface area (Å²) in [5, 5.41) is 7.87. The molecule has 0 aliphatic heterocycles. The van der Waals surface area contributed by atoms with Gasteiger partial charge in [-0.05, 0) is 0 Å². The van der Waals surface area contributed by atoms with E-state index in [1.54, 1.807) is 0 Å². The molecule has 0 atom stereocenters. The normalized spacial score (nSPS) is 8.45. The Morgan fingerprint density at radius 2 is 1.82 bits per heavy atom. The van der Waals surface area contributed by atoms with Gasteiger partial charge in [-0.3, -0.25) is 9.59 Å². The predicted octanol–water partition coefficient (Wildman–Crippen LogP) is -0.229. The molecular weight excluding hydrogens is 156 g/mol. The van der Waals surface area contributed by atoms with Crippen molar-refractivity contribution in [2.24, 2.45) is 0 Å². The van der Waals surface area contributed by atoms with Crippen LogP contribution in [0.5, 0.6) is 0 Å². The van der Waals surface area contributed by atoms with E-state index in [2.05, 4.69) is 9.47 Å². The first-order valence-electron chi connectivity index (χ1n) is 2.56. The summed E-state index contributed by atoms with van der Waals surface area (Å²) in [5.41, 5.74) is 0. The summed E-state index contributed by atoms with van der Waals surface area (Å²) < 4.78 is 7.67. The smallest absolute Gasteiger partial charge is 0.469 e. The Balaban J connectivity index is 3.70. The molecule has 0 bridgehead atoms. The van der Waals surface area contributed by atoms with Crippen molar-refractivity contribution >= 4 is 18.1 Å². The average molecular weight is 162 g/mol. The van der Waals surface area contributed by atoms with Gasteiger partial charge in [-0.1, -0.05) is 0 Å². The highest BCUT2D eigenvalue weighted by molar-refractivity contribution is 5.94. The van der Waals surface area contributed by atoms with Crippen molar-refractivity contribution in [1.82, 2.24) is 0 Å². The van der Waals surface area contributed by atoms with Gasteiger partial charge in [0, 0.05) is 0 Å². The molecule has 6 nitrogen and oxygen atoms in total. The molecule has 6 heteroatoms. The van der Waals surface area contributed by atoms with Crippen LogP contribution in [0.25, 0.3) is 0 Å². The van der Waals surface area contributed by atoms with Gasteiger partial charge < -0.3 is 14.6 Å². The molecule has 62 valence electrons. The second kappa shape index (κ2) is 4.26. The minimum absolute atomic E-state index is 0.692. The van der Waals surface area contributed by atoms with E-state index in [-0.39, 0.29) is 0 Å². The molecule has 0 rings (SSSR count). The van der Waals surface area contributed by atoms with Crippen molar-refractivity contribution in [2.75, 3.05) is 7.11 Å². The molecule has 0 saturated carbocycles. The van der Waals surface area contributed by atoms with Crippen molar-refractivity contribution in [3.63, 3.8) is 0 Å². The van der Waals surface area contributed by atoms with Gasteiger partial charge in [0.1, 0.15) is 6.42 Å². The Labute approximate surface area is 61.7 Å². The van der Waals surface area contributed by atoms with Gasteiger partial charge in [-0.25, -0.2) is 4.79 Å². The number of ether oxygens (including phenoxy) is 2. The zero-order valence-corrected chi connectivity index (χ0v) is 5.70. The summed E-state index contributed by atoms with van der Waals surface area (Å²) in [6.45, 7) is 0. The lowest BCUT2D eigenvalue weighted by molar-refractivity contribution is -0.150. The maximum Gasteiger partial charge on any atom is 0.513 e. The molecule has 0 aliphatic rings. The van der Waals surface area contributed by atoms with Crippen LogP contribution in [0, 0.1) is 0 Å². The zero-order chi connectivity index (χ0) is 8.85. The first-order valence-corrected chi connectivity index (χ1v) is 2.56. The molecule has 0 aromatic carbocycles. The van der Waals surface area contributed by atoms with Gasteiger partial charge in [0.05, 0.1) is 7.11 Å². The second-order valence-corrected chi connectivity index (χ2v) is 1.49. The minimum Gasteiger partial charge on any atom is -0.469 e. The van der Waals surface area contributed by atoms with Gasteiger partial charge >= 0.3 is 18.1 Å². The molecule has 0 spiro atoms. The summed E-state index contributed by atoms with van der Waals surface area (Å²) >= 11 is 0. The molecule has 0 aliphatic carbocycles. The fraction of sp³-hybridized carbons (Fsp3) is 0.400. The van der Waals surface area contributed by atoms with Crippen molar-refractivity contribution in [3.8, 4) is 0 Å². The third-order valence-corrected chi connectivity index (χ3v) is 0.717. The monoisotopic (exact) mass is 162 g/mol. The Morgan fingerprint density at radius 1 is 1.27 bits per heavy atom. The van der Waals surface area contributed by atoms with Crippen LogP contribution in [0.3, 0.4) is 0 Å². The molecule has 0 unspecified atom stereocenters. The number of carboxylic acid groups (broad SMARTS) is 1. The van der Waals surface area contributed by atoms with E-state index in [1.807, 2.05) is 0 Å². The quantitative estimate of drug-likeness (QED) is 0.445. The summed E-state index contributed by atoms with van der Waals surface area (Å²) in [6.07, 6.45) is -2.43. The van der Waals surface area contributed by atoms with Gasteiger partial charge in [-0.15, -0.1) is 0 Å². The number of hydrogen-bond donors (Lipinski definition) is 1. The van der Waals surface area contributed by atoms with E-state index in [1.165, 1.54) is 0 Å². The summed E-state index contributed by atoms with van der Waals surface area (Å²) in [6, 6.07) is 0. The first-order chi connectivity index (χ1) is 5.06. The van der Waals surface area contributed by atoms with E-state index in [0.29, 0.717) is 0 Å². The van der Waals surface area contributed by atoms with Crippen molar-refractivity contribution in [2.45, 2.75) is 6.42 Å². The Kier molecular flexibility index (Phi) is 3.65. The van der Waals surface area contributed by atoms with Crippen LogP contribution >= 0.6 is 0 Å². The molecule has 0 fully saturated rings. The Morgan fingerprint density at radius 3 is 2.18 bits per heavy atom. The van der Waals surface area contributed by atoms with Crippen LogP contribution in [-0.2, 0) is 19.1 Å². The highest BCUT2D eigenvalue weighted by atomic mass is 16.7. The van der Waals surface area contributed by atoms with E-state index < -0.39 is 24.5 Å². The highest BCUT2D eigenvalue weighted by Crippen LogP contribution is 1.89. The standard InChI is InChI=1S/C5H6O6/c1-10-3(6)2-4(7)11-5(8)9/h2H2,1H3,(H,8,9). The van der Waals surface area contributed by atoms with Crippen LogP contribution in [0.4, 0.5) is 4.79 Å². The number of carbonyl (C=O) groups is 3. The lowest BCUT2D eigenvalue weighted by Crippen LogP contribution is -2.15. The van der Waals surface area contributed by atoms with Gasteiger partial charge in [0.25, 0.3) is 0 Å². The van der Waals surface area contributed by atoms with Crippen LogP contribution in [0.15, 0.2) is 0 Å². The van der Waals surface area contributed by atoms with Gasteiger partial charge in [0.15, 0.2) is 0 Å². The van der Waals surface area contributed by atoms with E-state index in [0.717, 1.165) is 7.11 Å². The third kappa shape index (κ3) is 4.89. The summed E-state index contributed by atoms with van der Waals surface area (Å²) in [5.74, 6) is -1.99. The number of esters is 2. The van der Waals surface area contributed by atoms with Crippen LogP contribution in [0.1, 0.15) is 6.42 Å². The molecule has 0 aromatic heterocycles. The van der Waals surface area contributed by atoms with Crippen LogP contribution in [-0.4, -0.2) is 30.3 Å². The Hall–Kier alpha value is -1.59. The van der Waals surface area contributed by atoms with E-state index in [9.17, 15) is 14.4 Å². The maximum absolute atomic E-state index is 10.3. The SMILES string of the molecule is COC(=O)CC(=O)OC(=O)O. The molecular formula is C5H6O6. The van der Waals surface area contributed by atoms with Crippen molar-refractivity contribution in [1.29, 1.82) is 0 Å². The van der Waals surface area contributed by atoms with E-state index >= 15 is 0 Å². The van der Waals surface area contributed by atoms with Crippen molar-refractivity contribution < 1.29 is 29.0 Å². The average Bonchev–Trinajstić information content (AvgIpc) is 1.85. The molecule has 0 amide bonds. The number of hydrogen-bond acceptors (Lipinski definition) is 5. The number of carbonyl (C=O) groups excluding carboxylic acids is 2. The Bertz CT molecular complexity index is 183. The fourth-order valence-electron chi connectivity index (χ4n) is 0.323. The third-order valence-electron chi connectivity index (χ3n) is 0.717. The van der Waals surface area contributed by atoms with Gasteiger partial charge in [-0.2, -0.15) is 0 Å². The number of methoxy groups -OCH3 is 1. The summed E-state index contributed by atoms with van der Waals surface area (Å²) in [7, 11) is 1.08. The summed E-state index contributed by atoms with van der Waals surface area (Å²) in [4.78, 5) is 30.3. The molecule has 0 saturated heterocycles. The zero-order valence-electron chi connectivity index (χ0n) is 5.70. The number of rotatable bonds is 2. The van der Waals surface area contributed by atoms with Crippen LogP contribution in [0.2, 0.25) is 0 Å². The lowest BCUT2D eigenvalue weighted by atomic mass is 10.4. The molecule has 0 radical (unpaired) electrons. The molecule has 1 N–H and O–H groups in total. The topological polar surface area (TPSA) is 89.9 Å². The minimum atomic E-state index is -1.74. The first kappa shape index (κ1) is 9.41. The van der Waals surface area contributed by atoms with E-state index in [4.69, 9.17) is 5.11 Å².